The molecule has 5 heteroatoms. The van der Waals surface area contributed by atoms with Crippen LogP contribution < -0.4 is 4.74 Å². The van der Waals surface area contributed by atoms with Crippen molar-refractivity contribution < 1.29 is 4.74 Å². The Morgan fingerprint density at radius 3 is 2.46 bits per heavy atom. The van der Waals surface area contributed by atoms with E-state index >= 15 is 0 Å². The second-order valence-electron chi connectivity index (χ2n) is 5.93. The molecule has 0 amide bonds. The first kappa shape index (κ1) is 18.3. The van der Waals surface area contributed by atoms with Gasteiger partial charge in [0, 0.05) is 17.4 Å². The van der Waals surface area contributed by atoms with E-state index in [9.17, 15) is 0 Å². The zero-order valence-electron chi connectivity index (χ0n) is 14.0. The monoisotopic (exact) mass is 384 g/mol. The highest BCUT2D eigenvalue weighted by Crippen LogP contribution is 2.27. The van der Waals surface area contributed by atoms with Crippen molar-refractivity contribution in [2.75, 3.05) is 0 Å². The maximum atomic E-state index is 6.27. The van der Waals surface area contributed by atoms with Crippen LogP contribution in [-0.2, 0) is 6.54 Å². The number of imidazole rings is 1. The molecule has 0 spiro atoms. The zero-order valence-corrected chi connectivity index (χ0v) is 15.5. The molecule has 132 valence electrons. The lowest BCUT2D eigenvalue weighted by molar-refractivity contribution is 0.183. The fourth-order valence-corrected chi connectivity index (χ4v) is 3.01. The lowest BCUT2D eigenvalue weighted by Gasteiger charge is -2.21. The lowest BCUT2D eigenvalue weighted by atomic mass is 10.0. The Labute approximate surface area is 163 Å². The molecule has 0 aliphatic carbocycles. The van der Waals surface area contributed by atoms with Gasteiger partial charge in [-0.15, -0.1) is 12.4 Å². The van der Waals surface area contributed by atoms with E-state index in [1.54, 1.807) is 12.5 Å². The summed E-state index contributed by atoms with van der Waals surface area (Å²) in [5.74, 6) is 0.794. The van der Waals surface area contributed by atoms with Crippen LogP contribution in [0.1, 0.15) is 11.7 Å². The molecule has 0 N–H and O–H groups in total. The lowest BCUT2D eigenvalue weighted by Crippen LogP contribution is -2.14. The Hall–Kier alpha value is -2.49. The molecule has 4 aromatic rings. The summed E-state index contributed by atoms with van der Waals surface area (Å²) in [5, 5.41) is 3.12. The van der Waals surface area contributed by atoms with Gasteiger partial charge in [0.15, 0.2) is 0 Å². The molecule has 26 heavy (non-hydrogen) atoms. The fourth-order valence-electron chi connectivity index (χ4n) is 2.88. The van der Waals surface area contributed by atoms with Gasteiger partial charge < -0.3 is 9.30 Å². The first-order valence-corrected chi connectivity index (χ1v) is 8.52. The van der Waals surface area contributed by atoms with Crippen LogP contribution in [0.3, 0.4) is 0 Å². The number of rotatable bonds is 5. The summed E-state index contributed by atoms with van der Waals surface area (Å²) in [6.07, 6.45) is 5.40. The van der Waals surface area contributed by atoms with Gasteiger partial charge in [0.05, 0.1) is 12.9 Å². The minimum absolute atomic E-state index is 0. The molecule has 1 heterocycles. The number of fused-ring (bicyclic) bond motifs is 1. The summed E-state index contributed by atoms with van der Waals surface area (Å²) in [7, 11) is 0. The maximum absolute atomic E-state index is 6.27. The molecule has 1 aromatic heterocycles. The van der Waals surface area contributed by atoms with Crippen molar-refractivity contribution in [2.24, 2.45) is 0 Å². The van der Waals surface area contributed by atoms with E-state index in [2.05, 4.69) is 47.4 Å². The van der Waals surface area contributed by atoms with Gasteiger partial charge in [0.25, 0.3) is 0 Å². The van der Waals surface area contributed by atoms with Crippen molar-refractivity contribution in [2.45, 2.75) is 12.6 Å². The van der Waals surface area contributed by atoms with Crippen LogP contribution in [-0.4, -0.2) is 9.55 Å². The van der Waals surface area contributed by atoms with Gasteiger partial charge in [-0.25, -0.2) is 4.98 Å². The van der Waals surface area contributed by atoms with E-state index in [0.29, 0.717) is 11.6 Å². The van der Waals surface area contributed by atoms with Crippen LogP contribution >= 0.6 is 24.0 Å². The Kier molecular flexibility index (Phi) is 5.82. The number of nitrogens with zero attached hydrogens (tertiary/aromatic N) is 2. The van der Waals surface area contributed by atoms with Crippen LogP contribution in [0.5, 0.6) is 5.75 Å². The van der Waals surface area contributed by atoms with Crippen LogP contribution in [0.15, 0.2) is 85.5 Å². The number of hydrogen-bond acceptors (Lipinski definition) is 2. The molecule has 0 saturated heterocycles. The van der Waals surface area contributed by atoms with Crippen molar-refractivity contribution in [1.29, 1.82) is 0 Å². The van der Waals surface area contributed by atoms with E-state index in [1.807, 2.05) is 35.0 Å². The molecule has 0 aliphatic rings. The van der Waals surface area contributed by atoms with Crippen LogP contribution in [0.4, 0.5) is 0 Å². The van der Waals surface area contributed by atoms with Crippen molar-refractivity contribution in [1.82, 2.24) is 9.55 Å². The molecule has 3 aromatic carbocycles. The average Bonchev–Trinajstić information content (AvgIpc) is 3.16. The summed E-state index contributed by atoms with van der Waals surface area (Å²) in [5.41, 5.74) is 1.13. The minimum Gasteiger partial charge on any atom is -0.484 e. The Morgan fingerprint density at radius 1 is 0.962 bits per heavy atom. The molecular weight excluding hydrogens is 367 g/mol. The number of halogens is 2. The highest BCUT2D eigenvalue weighted by atomic mass is 35.5. The number of hydrogen-bond donors (Lipinski definition) is 0. The normalized spacial score (nSPS) is 11.7. The Morgan fingerprint density at radius 2 is 1.73 bits per heavy atom. The molecule has 4 rings (SSSR count). The topological polar surface area (TPSA) is 27.1 Å². The number of aromatic nitrogens is 2. The van der Waals surface area contributed by atoms with Gasteiger partial charge in [0.2, 0.25) is 0 Å². The molecule has 0 fully saturated rings. The average molecular weight is 385 g/mol. The zero-order chi connectivity index (χ0) is 17.1. The molecule has 3 nitrogen and oxygen atoms in total. The highest BCUT2D eigenvalue weighted by Gasteiger charge is 2.15. The molecule has 0 saturated carbocycles. The van der Waals surface area contributed by atoms with Crippen molar-refractivity contribution >= 4 is 34.8 Å². The maximum Gasteiger partial charge on any atom is 0.142 e. The third-order valence-corrected chi connectivity index (χ3v) is 4.43. The third-order valence-electron chi connectivity index (χ3n) is 4.17. The van der Waals surface area contributed by atoms with Gasteiger partial charge in [0.1, 0.15) is 11.9 Å². The fraction of sp³-hybridized carbons (Fsp3) is 0.0952. The summed E-state index contributed by atoms with van der Waals surface area (Å²) in [6.45, 7) is 0.682. The predicted molar refractivity (Wildman–Crippen MR) is 108 cm³/mol. The quantitative estimate of drug-likeness (QED) is 0.426. The van der Waals surface area contributed by atoms with E-state index in [0.717, 1.165) is 11.3 Å². The largest absolute Gasteiger partial charge is 0.484 e. The second kappa shape index (κ2) is 8.26. The predicted octanol–water partition coefficient (Wildman–Crippen LogP) is 5.93. The molecule has 0 bridgehead atoms. The van der Waals surface area contributed by atoms with Gasteiger partial charge in [-0.05, 0) is 46.7 Å². The van der Waals surface area contributed by atoms with Crippen molar-refractivity contribution in [3.05, 3.63) is 96.0 Å². The Bertz CT molecular complexity index is 969. The molecular formula is C21H18Cl2N2O. The minimum atomic E-state index is -0.125. The third kappa shape index (κ3) is 4.18. The van der Waals surface area contributed by atoms with Gasteiger partial charge in [-0.1, -0.05) is 48.0 Å². The first-order chi connectivity index (χ1) is 12.3. The second-order valence-corrected chi connectivity index (χ2v) is 6.36. The van der Waals surface area contributed by atoms with E-state index in [-0.39, 0.29) is 18.5 Å². The van der Waals surface area contributed by atoms with Crippen LogP contribution in [0, 0.1) is 0 Å². The van der Waals surface area contributed by atoms with Crippen molar-refractivity contribution in [3.8, 4) is 5.75 Å². The highest BCUT2D eigenvalue weighted by molar-refractivity contribution is 6.30. The van der Waals surface area contributed by atoms with Gasteiger partial charge in [-0.3, -0.25) is 0 Å². The molecule has 1 atom stereocenters. The standard InChI is InChI=1S/C21H17ClN2O.ClH/c22-19-7-9-20(10-8-19)25-21(14-24-12-11-23-15-24)18-6-5-16-3-1-2-4-17(16)13-18;/h1-13,15,21H,14H2;1H. The molecule has 0 aliphatic heterocycles. The first-order valence-electron chi connectivity index (χ1n) is 8.14. The molecule has 0 radical (unpaired) electrons. The summed E-state index contributed by atoms with van der Waals surface area (Å²) < 4.78 is 8.29. The summed E-state index contributed by atoms with van der Waals surface area (Å²) in [4.78, 5) is 4.13. The Balaban J connectivity index is 0.00000196. The summed E-state index contributed by atoms with van der Waals surface area (Å²) in [6, 6.07) is 22.3. The van der Waals surface area contributed by atoms with E-state index in [4.69, 9.17) is 16.3 Å². The van der Waals surface area contributed by atoms with Crippen molar-refractivity contribution in [3.63, 3.8) is 0 Å². The van der Waals surface area contributed by atoms with E-state index < -0.39 is 0 Å². The van der Waals surface area contributed by atoms with Gasteiger partial charge >= 0.3 is 0 Å². The number of benzene rings is 3. The van der Waals surface area contributed by atoms with E-state index in [1.165, 1.54) is 10.8 Å². The van der Waals surface area contributed by atoms with Gasteiger partial charge in [-0.2, -0.15) is 0 Å². The summed E-state index contributed by atoms with van der Waals surface area (Å²) >= 11 is 5.98. The van der Waals surface area contributed by atoms with Crippen LogP contribution in [0.25, 0.3) is 10.8 Å². The molecule has 1 unspecified atom stereocenters. The smallest absolute Gasteiger partial charge is 0.142 e. The number of ether oxygens (including phenoxy) is 1. The van der Waals surface area contributed by atoms with Crippen LogP contribution in [0.2, 0.25) is 5.02 Å². The SMILES string of the molecule is Cl.Clc1ccc(OC(Cn2ccnc2)c2ccc3ccccc3c2)cc1.